The largest absolute Gasteiger partial charge is 0.459 e. The van der Waals surface area contributed by atoms with Crippen molar-refractivity contribution >= 4 is 28.3 Å². The molecule has 0 radical (unpaired) electrons. The molecule has 1 aliphatic rings. The molecule has 0 aliphatic carbocycles. The van der Waals surface area contributed by atoms with E-state index in [1.807, 2.05) is 12.3 Å². The summed E-state index contributed by atoms with van der Waals surface area (Å²) in [5, 5.41) is 2.81. The Hall–Kier alpha value is -3.64. The number of aromatic nitrogens is 2. The van der Waals surface area contributed by atoms with Crippen LogP contribution < -0.4 is 5.32 Å². The van der Waals surface area contributed by atoms with Crippen LogP contribution in [0.15, 0.2) is 77.6 Å². The average Bonchev–Trinajstić information content (AvgIpc) is 3.49. The topological polar surface area (TPSA) is 74.2 Å². The molecule has 31 heavy (non-hydrogen) atoms. The Balaban J connectivity index is 1.28. The molecule has 6 nitrogen and oxygen atoms in total. The molecule has 1 aromatic carbocycles. The van der Waals surface area contributed by atoms with Crippen molar-refractivity contribution in [3.8, 4) is 0 Å². The van der Waals surface area contributed by atoms with Crippen LogP contribution in [0.25, 0.3) is 16.6 Å². The second-order valence-corrected chi connectivity index (χ2v) is 7.74. The van der Waals surface area contributed by atoms with E-state index in [-0.39, 0.29) is 11.7 Å². The molecule has 5 rings (SSSR count). The van der Waals surface area contributed by atoms with Gasteiger partial charge >= 0.3 is 0 Å². The van der Waals surface area contributed by atoms with Crippen LogP contribution in [0.4, 0.5) is 5.82 Å². The number of H-pyrrole nitrogens is 1. The number of nitrogens with one attached hydrogen (secondary N) is 2. The molecule has 2 N–H and O–H groups in total. The minimum atomic E-state index is -0.306. The number of furan rings is 1. The molecule has 156 valence electrons. The summed E-state index contributed by atoms with van der Waals surface area (Å²) in [4.78, 5) is 22.7. The van der Waals surface area contributed by atoms with E-state index in [2.05, 4.69) is 51.6 Å². The summed E-state index contributed by atoms with van der Waals surface area (Å²) >= 11 is 0. The van der Waals surface area contributed by atoms with E-state index < -0.39 is 0 Å². The molecular weight excluding hydrogens is 388 g/mol. The highest BCUT2D eigenvalue weighted by Gasteiger charge is 2.17. The van der Waals surface area contributed by atoms with Gasteiger partial charge in [-0.25, -0.2) is 4.98 Å². The third kappa shape index (κ3) is 4.29. The van der Waals surface area contributed by atoms with Crippen LogP contribution in [0.3, 0.4) is 0 Å². The number of benzene rings is 1. The minimum absolute atomic E-state index is 0.266. The highest BCUT2D eigenvalue weighted by atomic mass is 16.3. The maximum atomic E-state index is 12.3. The van der Waals surface area contributed by atoms with Crippen LogP contribution in [-0.4, -0.2) is 40.4 Å². The molecule has 1 aliphatic heterocycles. The molecule has 6 heteroatoms. The monoisotopic (exact) mass is 412 g/mol. The highest BCUT2D eigenvalue weighted by Crippen LogP contribution is 2.29. The van der Waals surface area contributed by atoms with Gasteiger partial charge in [0.2, 0.25) is 0 Å². The van der Waals surface area contributed by atoms with Gasteiger partial charge in [-0.2, -0.15) is 0 Å². The number of carbonyl (C=O) groups is 1. The fourth-order valence-corrected chi connectivity index (χ4v) is 3.99. The summed E-state index contributed by atoms with van der Waals surface area (Å²) in [6.45, 7) is 3.02. The van der Waals surface area contributed by atoms with Gasteiger partial charge in [0.25, 0.3) is 5.91 Å². The molecule has 1 amide bonds. The summed E-state index contributed by atoms with van der Waals surface area (Å²) < 4.78 is 5.16. The summed E-state index contributed by atoms with van der Waals surface area (Å²) in [5.74, 6) is 0.470. The minimum Gasteiger partial charge on any atom is -0.459 e. The van der Waals surface area contributed by atoms with E-state index in [4.69, 9.17) is 9.40 Å². The zero-order chi connectivity index (χ0) is 21.0. The number of hydrogen-bond donors (Lipinski definition) is 2. The quantitative estimate of drug-likeness (QED) is 0.480. The normalized spacial score (nSPS) is 14.5. The Bertz CT molecular complexity index is 1210. The summed E-state index contributed by atoms with van der Waals surface area (Å²) in [5.41, 5.74) is 5.61. The van der Waals surface area contributed by atoms with Gasteiger partial charge in [-0.1, -0.05) is 36.4 Å². The zero-order valence-corrected chi connectivity index (χ0v) is 17.2. The molecule has 0 fully saturated rings. The summed E-state index contributed by atoms with van der Waals surface area (Å²) in [6, 6.07) is 17.7. The Kier molecular flexibility index (Phi) is 5.37. The Morgan fingerprint density at radius 1 is 1.13 bits per heavy atom. The third-order valence-corrected chi connectivity index (χ3v) is 5.71. The number of rotatable bonds is 6. The highest BCUT2D eigenvalue weighted by molar-refractivity contribution is 6.02. The number of hydrogen-bond acceptors (Lipinski definition) is 4. The number of fused-ring (bicyclic) bond motifs is 1. The smallest absolute Gasteiger partial charge is 0.292 e. The first kappa shape index (κ1) is 19.3. The van der Waals surface area contributed by atoms with Crippen LogP contribution in [0, 0.1) is 0 Å². The van der Waals surface area contributed by atoms with Crippen LogP contribution in [0.5, 0.6) is 0 Å². The lowest BCUT2D eigenvalue weighted by Gasteiger charge is -2.26. The lowest BCUT2D eigenvalue weighted by Crippen LogP contribution is -2.30. The van der Waals surface area contributed by atoms with Crippen molar-refractivity contribution in [3.63, 3.8) is 0 Å². The number of carbonyl (C=O) groups excluding carboxylic acids is 1. The van der Waals surface area contributed by atoms with Crippen molar-refractivity contribution < 1.29 is 9.21 Å². The van der Waals surface area contributed by atoms with Crippen molar-refractivity contribution in [2.24, 2.45) is 0 Å². The Morgan fingerprint density at radius 2 is 2.03 bits per heavy atom. The molecule has 3 aromatic heterocycles. The van der Waals surface area contributed by atoms with Gasteiger partial charge in [0.15, 0.2) is 5.76 Å². The second-order valence-electron chi connectivity index (χ2n) is 7.74. The average molecular weight is 412 g/mol. The predicted octanol–water partition coefficient (Wildman–Crippen LogP) is 4.74. The lowest BCUT2D eigenvalue weighted by molar-refractivity contribution is 0.0996. The van der Waals surface area contributed by atoms with Crippen LogP contribution in [-0.2, 0) is 6.42 Å². The fraction of sp³-hybridized carbons (Fsp3) is 0.200. The van der Waals surface area contributed by atoms with E-state index in [1.165, 1.54) is 17.4 Å². The fourth-order valence-electron chi connectivity index (χ4n) is 3.99. The van der Waals surface area contributed by atoms with Gasteiger partial charge in [-0.05, 0) is 48.2 Å². The molecule has 4 aromatic rings. The van der Waals surface area contributed by atoms with Crippen LogP contribution >= 0.6 is 0 Å². The molecule has 0 saturated carbocycles. The standard InChI is InChI=1S/C25H24N4O2/c30-25(22-7-4-16-31-22)28-23-9-8-21-24(27-23)20(17-26-21)19-11-14-29(15-12-19)13-10-18-5-2-1-3-6-18/h1-9,11,16-17,26H,10,12-15H2,(H,27,28,30). The van der Waals surface area contributed by atoms with Gasteiger partial charge in [0, 0.05) is 31.4 Å². The maximum absolute atomic E-state index is 12.3. The van der Waals surface area contributed by atoms with Gasteiger partial charge < -0.3 is 14.7 Å². The maximum Gasteiger partial charge on any atom is 0.292 e. The first-order valence-electron chi connectivity index (χ1n) is 10.5. The molecule has 0 spiro atoms. The molecule has 0 atom stereocenters. The summed E-state index contributed by atoms with van der Waals surface area (Å²) in [6.07, 6.45) is 7.84. The number of pyridine rings is 1. The van der Waals surface area contributed by atoms with E-state index in [0.717, 1.165) is 49.1 Å². The van der Waals surface area contributed by atoms with E-state index in [0.29, 0.717) is 5.82 Å². The van der Waals surface area contributed by atoms with Crippen molar-refractivity contribution in [1.29, 1.82) is 0 Å². The number of anilines is 1. The Morgan fingerprint density at radius 3 is 2.81 bits per heavy atom. The first-order chi connectivity index (χ1) is 15.3. The van der Waals surface area contributed by atoms with Gasteiger partial charge in [0.05, 0.1) is 17.3 Å². The number of nitrogens with zero attached hydrogens (tertiary/aromatic N) is 2. The molecule has 0 saturated heterocycles. The second kappa shape index (κ2) is 8.62. The predicted molar refractivity (Wildman–Crippen MR) is 122 cm³/mol. The van der Waals surface area contributed by atoms with Crippen molar-refractivity contribution in [2.75, 3.05) is 25.0 Å². The molecule has 4 heterocycles. The van der Waals surface area contributed by atoms with Gasteiger partial charge in [-0.3, -0.25) is 9.69 Å². The molecular formula is C25H24N4O2. The number of amides is 1. The van der Waals surface area contributed by atoms with E-state index >= 15 is 0 Å². The van der Waals surface area contributed by atoms with Crippen molar-refractivity contribution in [2.45, 2.75) is 12.8 Å². The van der Waals surface area contributed by atoms with Crippen molar-refractivity contribution in [3.05, 3.63) is 90.0 Å². The van der Waals surface area contributed by atoms with Crippen LogP contribution in [0.2, 0.25) is 0 Å². The SMILES string of the molecule is O=C(Nc1ccc2[nH]cc(C3=CCN(CCc4ccccc4)CC3)c2n1)c1ccco1. The van der Waals surface area contributed by atoms with E-state index in [1.54, 1.807) is 18.2 Å². The first-order valence-corrected chi connectivity index (χ1v) is 10.5. The van der Waals surface area contributed by atoms with Crippen LogP contribution in [0.1, 0.15) is 28.1 Å². The third-order valence-electron chi connectivity index (χ3n) is 5.71. The molecule has 0 unspecified atom stereocenters. The Labute approximate surface area is 180 Å². The molecule has 0 bridgehead atoms. The lowest BCUT2D eigenvalue weighted by atomic mass is 10.0. The summed E-state index contributed by atoms with van der Waals surface area (Å²) in [7, 11) is 0. The zero-order valence-electron chi connectivity index (χ0n) is 17.2. The van der Waals surface area contributed by atoms with E-state index in [9.17, 15) is 4.79 Å². The van der Waals surface area contributed by atoms with Crippen molar-refractivity contribution in [1.82, 2.24) is 14.9 Å². The number of aromatic amines is 1. The van der Waals surface area contributed by atoms with Gasteiger partial charge in [-0.15, -0.1) is 0 Å². The van der Waals surface area contributed by atoms with Gasteiger partial charge in [0.1, 0.15) is 5.82 Å².